The third-order valence-corrected chi connectivity index (χ3v) is 6.74. The number of thiazole rings is 1. The summed E-state index contributed by atoms with van der Waals surface area (Å²) in [5, 5.41) is 4.87. The van der Waals surface area contributed by atoms with E-state index < -0.39 is 10.0 Å². The van der Waals surface area contributed by atoms with E-state index in [1.165, 1.54) is 29.7 Å². The standard InChI is InChI=1S/C19H27N3O3S2/c1-15(2)8-7-9-16(3)21-18(23)14-22(19-20-12-13-26-19)27(24,25)17-10-5-4-6-11-17/h4-6,10-13,15-16H,7-9,14H2,1-3H3,(H,21,23)/t16-/m0/s1. The van der Waals surface area contributed by atoms with Crippen LogP contribution in [0.15, 0.2) is 46.8 Å². The van der Waals surface area contributed by atoms with E-state index in [1.54, 1.807) is 23.6 Å². The van der Waals surface area contributed by atoms with Gasteiger partial charge in [-0.25, -0.2) is 17.7 Å². The number of nitrogens with zero attached hydrogens (tertiary/aromatic N) is 2. The lowest BCUT2D eigenvalue weighted by Gasteiger charge is -2.22. The third kappa shape index (κ3) is 6.32. The molecule has 0 fully saturated rings. The molecule has 8 heteroatoms. The number of sulfonamides is 1. The lowest BCUT2D eigenvalue weighted by atomic mass is 10.0. The maximum Gasteiger partial charge on any atom is 0.266 e. The highest BCUT2D eigenvalue weighted by Crippen LogP contribution is 2.25. The molecule has 0 saturated heterocycles. The first kappa shape index (κ1) is 21.4. The van der Waals surface area contributed by atoms with Crippen LogP contribution in [0.3, 0.4) is 0 Å². The summed E-state index contributed by atoms with van der Waals surface area (Å²) in [6, 6.07) is 8.09. The van der Waals surface area contributed by atoms with Crippen LogP contribution >= 0.6 is 11.3 Å². The molecule has 1 amide bonds. The largest absolute Gasteiger partial charge is 0.352 e. The molecule has 0 saturated carbocycles. The van der Waals surface area contributed by atoms with Gasteiger partial charge in [0.2, 0.25) is 5.91 Å². The van der Waals surface area contributed by atoms with Gasteiger partial charge in [-0.2, -0.15) is 0 Å². The molecule has 0 radical (unpaired) electrons. The minimum Gasteiger partial charge on any atom is -0.352 e. The van der Waals surface area contributed by atoms with Crippen molar-refractivity contribution in [2.75, 3.05) is 10.8 Å². The molecule has 0 spiro atoms. The van der Waals surface area contributed by atoms with E-state index in [0.29, 0.717) is 5.92 Å². The van der Waals surface area contributed by atoms with Crippen molar-refractivity contribution in [1.82, 2.24) is 10.3 Å². The number of anilines is 1. The lowest BCUT2D eigenvalue weighted by Crippen LogP contribution is -2.43. The van der Waals surface area contributed by atoms with Crippen molar-refractivity contribution in [3.8, 4) is 0 Å². The summed E-state index contributed by atoms with van der Waals surface area (Å²) >= 11 is 1.19. The molecule has 2 rings (SSSR count). The van der Waals surface area contributed by atoms with E-state index in [2.05, 4.69) is 24.1 Å². The molecule has 27 heavy (non-hydrogen) atoms. The Hall–Kier alpha value is -1.93. The van der Waals surface area contributed by atoms with E-state index >= 15 is 0 Å². The summed E-state index contributed by atoms with van der Waals surface area (Å²) < 4.78 is 27.1. The highest BCUT2D eigenvalue weighted by atomic mass is 32.2. The molecule has 148 valence electrons. The van der Waals surface area contributed by atoms with Crippen LogP contribution in [0.2, 0.25) is 0 Å². The summed E-state index contributed by atoms with van der Waals surface area (Å²) in [5.74, 6) is 0.297. The maximum absolute atomic E-state index is 13.0. The zero-order valence-electron chi connectivity index (χ0n) is 16.0. The van der Waals surface area contributed by atoms with Crippen LogP contribution < -0.4 is 9.62 Å². The van der Waals surface area contributed by atoms with Gasteiger partial charge in [0.05, 0.1) is 4.90 Å². The van der Waals surface area contributed by atoms with Crippen molar-refractivity contribution in [2.45, 2.75) is 51.0 Å². The number of aromatic nitrogens is 1. The average Bonchev–Trinajstić information content (AvgIpc) is 3.14. The Labute approximate surface area is 165 Å². The first-order valence-electron chi connectivity index (χ1n) is 9.07. The SMILES string of the molecule is CC(C)CCC[C@H](C)NC(=O)CN(c1nccs1)S(=O)(=O)c1ccccc1. The van der Waals surface area contributed by atoms with Gasteiger partial charge in [0, 0.05) is 17.6 Å². The number of benzene rings is 1. The number of hydrogen-bond donors (Lipinski definition) is 1. The molecule has 1 atom stereocenters. The number of carbonyl (C=O) groups excluding carboxylic acids is 1. The predicted octanol–water partition coefficient (Wildman–Crippen LogP) is 3.67. The van der Waals surface area contributed by atoms with E-state index in [4.69, 9.17) is 0 Å². The molecule has 1 heterocycles. The fourth-order valence-corrected chi connectivity index (χ4v) is 4.94. The second-order valence-corrected chi connectivity index (χ2v) is 9.67. The summed E-state index contributed by atoms with van der Waals surface area (Å²) in [4.78, 5) is 16.7. The molecule has 1 N–H and O–H groups in total. The third-order valence-electron chi connectivity index (χ3n) is 4.08. The highest BCUT2D eigenvalue weighted by molar-refractivity contribution is 7.93. The average molecular weight is 410 g/mol. The van der Waals surface area contributed by atoms with E-state index in [0.717, 1.165) is 23.6 Å². The van der Waals surface area contributed by atoms with Gasteiger partial charge in [-0.3, -0.25) is 4.79 Å². The Bertz CT molecular complexity index is 806. The fourth-order valence-electron chi connectivity index (χ4n) is 2.67. The molecule has 0 aliphatic carbocycles. The van der Waals surface area contributed by atoms with Crippen LogP contribution in [0.4, 0.5) is 5.13 Å². The zero-order valence-corrected chi connectivity index (χ0v) is 17.6. The first-order valence-corrected chi connectivity index (χ1v) is 11.4. The fraction of sp³-hybridized carbons (Fsp3) is 0.474. The monoisotopic (exact) mass is 409 g/mol. The predicted molar refractivity (Wildman–Crippen MR) is 109 cm³/mol. The van der Waals surface area contributed by atoms with E-state index in [-0.39, 0.29) is 28.5 Å². The topological polar surface area (TPSA) is 79.4 Å². The summed E-state index contributed by atoms with van der Waals surface area (Å²) in [6.45, 7) is 5.99. The van der Waals surface area contributed by atoms with Gasteiger partial charge < -0.3 is 5.32 Å². The van der Waals surface area contributed by atoms with Crippen LogP contribution in [0, 0.1) is 5.92 Å². The summed E-state index contributed by atoms with van der Waals surface area (Å²) in [5.41, 5.74) is 0. The van der Waals surface area contributed by atoms with Gasteiger partial charge in [0.15, 0.2) is 5.13 Å². The number of hydrogen-bond acceptors (Lipinski definition) is 5. The molecule has 0 unspecified atom stereocenters. The molecule has 0 aliphatic heterocycles. The molecule has 6 nitrogen and oxygen atoms in total. The van der Waals surface area contributed by atoms with Crippen LogP contribution in [-0.4, -0.2) is 31.9 Å². The van der Waals surface area contributed by atoms with E-state index in [9.17, 15) is 13.2 Å². The second-order valence-electron chi connectivity index (χ2n) is 6.93. The Kier molecular flexibility index (Phi) is 7.79. The van der Waals surface area contributed by atoms with Gasteiger partial charge in [-0.15, -0.1) is 11.3 Å². The number of carbonyl (C=O) groups is 1. The molecule has 2 aromatic rings. The van der Waals surface area contributed by atoms with Gasteiger partial charge in [-0.05, 0) is 31.4 Å². The molecule has 0 aliphatic rings. The number of rotatable bonds is 10. The molecule has 1 aromatic carbocycles. The van der Waals surface area contributed by atoms with Crippen molar-refractivity contribution < 1.29 is 13.2 Å². The molecular weight excluding hydrogens is 382 g/mol. The normalized spacial score (nSPS) is 12.7. The minimum absolute atomic E-state index is 0.00572. The van der Waals surface area contributed by atoms with Crippen molar-refractivity contribution in [3.05, 3.63) is 41.9 Å². The minimum atomic E-state index is -3.86. The Morgan fingerprint density at radius 3 is 2.48 bits per heavy atom. The first-order chi connectivity index (χ1) is 12.8. The van der Waals surface area contributed by atoms with Crippen molar-refractivity contribution in [3.63, 3.8) is 0 Å². The van der Waals surface area contributed by atoms with Gasteiger partial charge >= 0.3 is 0 Å². The summed E-state index contributed by atoms with van der Waals surface area (Å²) in [6.07, 6.45) is 4.53. The van der Waals surface area contributed by atoms with Crippen LogP contribution in [0.5, 0.6) is 0 Å². The summed E-state index contributed by atoms with van der Waals surface area (Å²) in [7, 11) is -3.86. The van der Waals surface area contributed by atoms with Gasteiger partial charge in [0.25, 0.3) is 10.0 Å². The second kappa shape index (κ2) is 9.85. The van der Waals surface area contributed by atoms with Gasteiger partial charge in [0.1, 0.15) is 6.54 Å². The number of nitrogens with one attached hydrogen (secondary N) is 1. The maximum atomic E-state index is 13.0. The van der Waals surface area contributed by atoms with Crippen molar-refractivity contribution >= 4 is 32.4 Å². The molecule has 1 aromatic heterocycles. The van der Waals surface area contributed by atoms with Crippen LogP contribution in [0.25, 0.3) is 0 Å². The van der Waals surface area contributed by atoms with Crippen molar-refractivity contribution in [1.29, 1.82) is 0 Å². The molecular formula is C19H27N3O3S2. The smallest absolute Gasteiger partial charge is 0.266 e. The zero-order chi connectivity index (χ0) is 19.9. The van der Waals surface area contributed by atoms with Gasteiger partial charge in [-0.1, -0.05) is 44.9 Å². The van der Waals surface area contributed by atoms with Crippen molar-refractivity contribution in [2.24, 2.45) is 5.92 Å². The lowest BCUT2D eigenvalue weighted by molar-refractivity contribution is -0.120. The van der Waals surface area contributed by atoms with Crippen LogP contribution in [-0.2, 0) is 14.8 Å². The molecule has 0 bridgehead atoms. The highest BCUT2D eigenvalue weighted by Gasteiger charge is 2.29. The van der Waals surface area contributed by atoms with E-state index in [1.807, 2.05) is 6.92 Å². The number of amides is 1. The quantitative estimate of drug-likeness (QED) is 0.649. The Morgan fingerprint density at radius 2 is 1.89 bits per heavy atom. The van der Waals surface area contributed by atoms with Crippen LogP contribution in [0.1, 0.15) is 40.0 Å². The Balaban J connectivity index is 2.09. The Morgan fingerprint density at radius 1 is 1.19 bits per heavy atom.